The quantitative estimate of drug-likeness (QED) is 0.162. The molecular weight excluding hydrogens is 469 g/mol. The zero-order valence-corrected chi connectivity index (χ0v) is 21.7. The zero-order chi connectivity index (χ0) is 25.6. The molecule has 0 heterocycles. The third-order valence-electron chi connectivity index (χ3n) is 5.79. The second-order valence-corrected chi connectivity index (χ2v) is 10.4. The van der Waals surface area contributed by atoms with Gasteiger partial charge in [0.1, 0.15) is 30.0 Å². The van der Waals surface area contributed by atoms with Crippen molar-refractivity contribution in [1.29, 1.82) is 0 Å². The van der Waals surface area contributed by atoms with E-state index in [1.165, 1.54) is 6.07 Å². The maximum absolute atomic E-state index is 11.6. The molecule has 4 unspecified atom stereocenters. The van der Waals surface area contributed by atoms with E-state index in [0.717, 1.165) is 31.2 Å². The van der Waals surface area contributed by atoms with Crippen LogP contribution >= 0.6 is 8.03 Å². The van der Waals surface area contributed by atoms with Gasteiger partial charge in [-0.2, -0.15) is 0 Å². The summed E-state index contributed by atoms with van der Waals surface area (Å²) < 4.78 is 22.9. The van der Waals surface area contributed by atoms with Crippen LogP contribution in [0.15, 0.2) is 42.5 Å². The summed E-state index contributed by atoms with van der Waals surface area (Å²) in [5.74, 6) is 1.16. The summed E-state index contributed by atoms with van der Waals surface area (Å²) in [7, 11) is -2.62. The lowest BCUT2D eigenvalue weighted by molar-refractivity contribution is 0.104. The van der Waals surface area contributed by atoms with Crippen LogP contribution in [0.1, 0.15) is 50.7 Å². The molecule has 0 aliphatic carbocycles. The number of aliphatic hydroxyl groups is 2. The van der Waals surface area contributed by atoms with Crippen molar-refractivity contribution in [3.63, 3.8) is 0 Å². The Morgan fingerprint density at radius 2 is 1.71 bits per heavy atom. The van der Waals surface area contributed by atoms with Crippen molar-refractivity contribution in [3.05, 3.63) is 53.6 Å². The second-order valence-electron chi connectivity index (χ2n) is 8.91. The highest BCUT2D eigenvalue weighted by Gasteiger charge is 2.15. The maximum atomic E-state index is 11.6. The number of benzene rings is 2. The van der Waals surface area contributed by atoms with Gasteiger partial charge in [0.25, 0.3) is 0 Å². The number of aromatic hydroxyl groups is 1. The predicted octanol–water partition coefficient (Wildman–Crippen LogP) is 3.64. The molecule has 9 heteroatoms. The number of hydrogen-bond donors (Lipinski definition) is 5. The van der Waals surface area contributed by atoms with E-state index in [2.05, 4.69) is 12.2 Å². The van der Waals surface area contributed by atoms with Crippen molar-refractivity contribution in [2.75, 3.05) is 19.8 Å². The van der Waals surface area contributed by atoms with E-state index in [1.54, 1.807) is 12.1 Å². The maximum Gasteiger partial charge on any atom is 0.195 e. The first-order valence-corrected chi connectivity index (χ1v) is 13.7. The van der Waals surface area contributed by atoms with Crippen LogP contribution in [0, 0.1) is 0 Å². The van der Waals surface area contributed by atoms with E-state index in [4.69, 9.17) is 9.47 Å². The number of ether oxygens (including phenoxy) is 2. The van der Waals surface area contributed by atoms with Crippen LogP contribution in [0.4, 0.5) is 0 Å². The molecule has 0 spiro atoms. The molecule has 2 aromatic rings. The van der Waals surface area contributed by atoms with Crippen molar-refractivity contribution in [3.8, 4) is 17.2 Å². The van der Waals surface area contributed by atoms with E-state index >= 15 is 0 Å². The average molecular weight is 510 g/mol. The molecule has 0 saturated carbocycles. The minimum atomic E-state index is -2.62. The Kier molecular flexibility index (Phi) is 13.2. The second kappa shape index (κ2) is 15.8. The van der Waals surface area contributed by atoms with Gasteiger partial charge in [0.2, 0.25) is 0 Å². The molecule has 5 N–H and O–H groups in total. The van der Waals surface area contributed by atoms with Gasteiger partial charge in [-0.3, -0.25) is 4.57 Å². The fourth-order valence-corrected chi connectivity index (χ4v) is 4.31. The Balaban J connectivity index is 1.71. The van der Waals surface area contributed by atoms with Crippen molar-refractivity contribution < 1.29 is 34.3 Å². The van der Waals surface area contributed by atoms with E-state index in [1.807, 2.05) is 31.2 Å². The monoisotopic (exact) mass is 509 g/mol. The van der Waals surface area contributed by atoms with E-state index < -0.39 is 14.1 Å². The van der Waals surface area contributed by atoms with Crippen molar-refractivity contribution in [1.82, 2.24) is 5.32 Å². The summed E-state index contributed by atoms with van der Waals surface area (Å²) in [6.45, 7) is 4.54. The highest BCUT2D eigenvalue weighted by atomic mass is 31.1. The zero-order valence-electron chi connectivity index (χ0n) is 20.7. The van der Waals surface area contributed by atoms with E-state index in [9.17, 15) is 24.8 Å². The summed E-state index contributed by atoms with van der Waals surface area (Å²) in [6.07, 6.45) is 3.82. The normalized spacial score (nSPS) is 14.8. The van der Waals surface area contributed by atoms with Crippen LogP contribution in [-0.2, 0) is 17.6 Å². The number of phenols is 1. The molecule has 196 valence electrons. The SMILES string of the molecule is CCCCCC(COc1ccc(CC(C)NCC(O)COc2ccc(O)c(CO)c2)cc1)[PH](=O)O. The Bertz CT molecular complexity index is 894. The highest BCUT2D eigenvalue weighted by molar-refractivity contribution is 7.38. The lowest BCUT2D eigenvalue weighted by atomic mass is 10.1. The van der Waals surface area contributed by atoms with Crippen LogP contribution < -0.4 is 14.8 Å². The molecule has 0 aliphatic rings. The number of rotatable bonds is 17. The van der Waals surface area contributed by atoms with E-state index in [-0.39, 0.29) is 37.3 Å². The Hall–Kier alpha value is -2.09. The van der Waals surface area contributed by atoms with Gasteiger partial charge in [-0.25, -0.2) is 0 Å². The minimum absolute atomic E-state index is 0.00423. The number of aliphatic hydroxyl groups excluding tert-OH is 2. The molecule has 8 nitrogen and oxygen atoms in total. The number of hydrogen-bond acceptors (Lipinski definition) is 7. The van der Waals surface area contributed by atoms with E-state index in [0.29, 0.717) is 30.0 Å². The third kappa shape index (κ3) is 11.0. The first kappa shape index (κ1) is 29.1. The molecule has 0 amide bonds. The Morgan fingerprint density at radius 3 is 2.37 bits per heavy atom. The molecule has 0 radical (unpaired) electrons. The fourth-order valence-electron chi connectivity index (χ4n) is 3.63. The van der Waals surface area contributed by atoms with Crippen LogP contribution in [0.3, 0.4) is 0 Å². The molecule has 0 saturated heterocycles. The summed E-state index contributed by atoms with van der Waals surface area (Å²) in [5.41, 5.74) is 1.17. The fraction of sp³-hybridized carbons (Fsp3) is 0.538. The van der Waals surface area contributed by atoms with Gasteiger partial charge in [-0.05, 0) is 55.7 Å². The third-order valence-corrected chi connectivity index (χ3v) is 6.94. The molecule has 0 aliphatic heterocycles. The van der Waals surface area contributed by atoms with Gasteiger partial charge >= 0.3 is 0 Å². The van der Waals surface area contributed by atoms with Gasteiger partial charge < -0.3 is 35.0 Å². The predicted molar refractivity (Wildman–Crippen MR) is 138 cm³/mol. The average Bonchev–Trinajstić information content (AvgIpc) is 2.85. The van der Waals surface area contributed by atoms with Crippen LogP contribution in [0.2, 0.25) is 0 Å². The molecule has 0 fully saturated rings. The summed E-state index contributed by atoms with van der Waals surface area (Å²) >= 11 is 0. The largest absolute Gasteiger partial charge is 0.508 e. The summed E-state index contributed by atoms with van der Waals surface area (Å²) in [6, 6.07) is 12.4. The van der Waals surface area contributed by atoms with Gasteiger partial charge in [0.05, 0.1) is 18.9 Å². The van der Waals surface area contributed by atoms with Crippen molar-refractivity contribution >= 4 is 8.03 Å². The highest BCUT2D eigenvalue weighted by Crippen LogP contribution is 2.28. The van der Waals surface area contributed by atoms with Gasteiger partial charge in [-0.1, -0.05) is 38.3 Å². The molecular formula is C26H40NO7P. The molecule has 0 aromatic heterocycles. The number of unbranched alkanes of at least 4 members (excludes halogenated alkanes) is 2. The van der Waals surface area contributed by atoms with Crippen molar-refractivity contribution in [2.45, 2.75) is 70.4 Å². The number of nitrogens with one attached hydrogen (secondary N) is 1. The molecule has 35 heavy (non-hydrogen) atoms. The molecule has 2 rings (SSSR count). The molecule has 2 aromatic carbocycles. The van der Waals surface area contributed by atoms with Gasteiger partial charge in [0, 0.05) is 18.2 Å². The standard InChI is InChI=1S/C26H40NO7P/c1-3-4-5-6-25(35(31)32)18-34-23-9-7-20(8-10-23)13-19(2)27-15-22(29)17-33-24-11-12-26(30)21(14-24)16-28/h7-12,14,19,22,25,27-30,35H,3-6,13,15-18H2,1-2H3,(H,31,32). The van der Waals surface area contributed by atoms with Gasteiger partial charge in [0.15, 0.2) is 8.03 Å². The van der Waals surface area contributed by atoms with Crippen molar-refractivity contribution in [2.24, 2.45) is 0 Å². The smallest absolute Gasteiger partial charge is 0.195 e. The summed E-state index contributed by atoms with van der Waals surface area (Å²) in [5, 5.41) is 32.3. The first-order valence-electron chi connectivity index (χ1n) is 12.2. The summed E-state index contributed by atoms with van der Waals surface area (Å²) in [4.78, 5) is 9.56. The lowest BCUT2D eigenvalue weighted by Crippen LogP contribution is -2.37. The van der Waals surface area contributed by atoms with Gasteiger partial charge in [-0.15, -0.1) is 0 Å². The molecule has 0 bridgehead atoms. The van der Waals surface area contributed by atoms with Crippen LogP contribution in [0.5, 0.6) is 17.2 Å². The minimum Gasteiger partial charge on any atom is -0.508 e. The Labute approximate surface area is 208 Å². The van der Waals surface area contributed by atoms with Crippen LogP contribution in [0.25, 0.3) is 0 Å². The topological polar surface area (TPSA) is 128 Å². The lowest BCUT2D eigenvalue weighted by Gasteiger charge is -2.18. The van der Waals surface area contributed by atoms with Crippen LogP contribution in [-0.4, -0.2) is 57.8 Å². The molecule has 4 atom stereocenters. The first-order chi connectivity index (χ1) is 16.8. The Morgan fingerprint density at radius 1 is 1.03 bits per heavy atom.